The highest BCUT2D eigenvalue weighted by atomic mass is 16.4. The molecule has 1 amide bonds. The van der Waals surface area contributed by atoms with Gasteiger partial charge in [0, 0.05) is 18.9 Å². The van der Waals surface area contributed by atoms with Crippen molar-refractivity contribution in [2.75, 3.05) is 11.9 Å². The smallest absolute Gasteiger partial charge is 0.432 e. The zero-order valence-electron chi connectivity index (χ0n) is 9.65. The number of hydrogen-bond donors (Lipinski definition) is 1. The Kier molecular flexibility index (Phi) is 3.09. The number of carbonyl (C=O) groups is 2. The third-order valence-electron chi connectivity index (χ3n) is 2.45. The zero-order valence-corrected chi connectivity index (χ0v) is 9.65. The summed E-state index contributed by atoms with van der Waals surface area (Å²) < 4.78 is 0.700. The van der Waals surface area contributed by atoms with Gasteiger partial charge in [-0.3, -0.25) is 4.79 Å². The molecular formula is C12H11N3O3. The molecule has 0 unspecified atom stereocenters. The second-order valence-corrected chi connectivity index (χ2v) is 3.63. The van der Waals surface area contributed by atoms with Gasteiger partial charge in [-0.2, -0.15) is 9.78 Å². The van der Waals surface area contributed by atoms with Crippen LogP contribution >= 0.6 is 0 Å². The molecule has 0 bridgehead atoms. The van der Waals surface area contributed by atoms with Crippen LogP contribution in [0.5, 0.6) is 0 Å². The summed E-state index contributed by atoms with van der Waals surface area (Å²) in [4.78, 5) is 24.1. The molecule has 0 aliphatic carbocycles. The van der Waals surface area contributed by atoms with Gasteiger partial charge in [0.2, 0.25) is 0 Å². The Balaban J connectivity index is 2.23. The van der Waals surface area contributed by atoms with E-state index in [0.29, 0.717) is 10.4 Å². The average molecular weight is 245 g/mol. The van der Waals surface area contributed by atoms with Crippen LogP contribution in [0.2, 0.25) is 0 Å². The van der Waals surface area contributed by atoms with Gasteiger partial charge in [0.15, 0.2) is 5.69 Å². The molecule has 2 aromatic rings. The Labute approximate surface area is 103 Å². The molecule has 6 nitrogen and oxygen atoms in total. The van der Waals surface area contributed by atoms with Crippen LogP contribution in [0.4, 0.5) is 10.5 Å². The maximum atomic E-state index is 12.0. The van der Waals surface area contributed by atoms with Crippen LogP contribution in [0.25, 0.3) is 0 Å². The van der Waals surface area contributed by atoms with Gasteiger partial charge in [-0.25, -0.2) is 4.79 Å². The molecule has 1 aromatic carbocycles. The highest BCUT2D eigenvalue weighted by Gasteiger charge is 2.17. The van der Waals surface area contributed by atoms with E-state index in [1.54, 1.807) is 19.2 Å². The van der Waals surface area contributed by atoms with E-state index < -0.39 is 6.09 Å². The molecule has 0 atom stereocenters. The van der Waals surface area contributed by atoms with E-state index in [1.807, 2.05) is 18.2 Å². The molecule has 0 saturated heterocycles. The minimum absolute atomic E-state index is 0.0868. The van der Waals surface area contributed by atoms with Gasteiger partial charge < -0.3 is 10.0 Å². The van der Waals surface area contributed by atoms with Crippen molar-refractivity contribution in [1.29, 1.82) is 0 Å². The van der Waals surface area contributed by atoms with Crippen molar-refractivity contribution < 1.29 is 14.7 Å². The lowest BCUT2D eigenvalue weighted by molar-refractivity contribution is 0.0988. The van der Waals surface area contributed by atoms with Crippen molar-refractivity contribution >= 4 is 17.7 Å². The second kappa shape index (κ2) is 4.70. The summed E-state index contributed by atoms with van der Waals surface area (Å²) >= 11 is 0. The lowest BCUT2D eigenvalue weighted by atomic mass is 10.3. The standard InChI is InChI=1S/C12H11N3O3/c1-14(9-5-3-2-4-6-9)11(16)10-7-8-15(13-10)12(17)18/h2-8H,1H3,(H,17,18). The fourth-order valence-corrected chi connectivity index (χ4v) is 1.49. The maximum absolute atomic E-state index is 12.0. The molecule has 1 heterocycles. The number of carboxylic acid groups (broad SMARTS) is 1. The van der Waals surface area contributed by atoms with Crippen molar-refractivity contribution in [2.24, 2.45) is 0 Å². The Morgan fingerprint density at radius 2 is 1.89 bits per heavy atom. The van der Waals surface area contributed by atoms with Crippen LogP contribution in [0, 0.1) is 0 Å². The first-order valence-corrected chi connectivity index (χ1v) is 5.21. The van der Waals surface area contributed by atoms with E-state index in [9.17, 15) is 9.59 Å². The third-order valence-corrected chi connectivity index (χ3v) is 2.45. The normalized spacial score (nSPS) is 10.1. The van der Waals surface area contributed by atoms with Gasteiger partial charge in [0.05, 0.1) is 0 Å². The molecule has 0 radical (unpaired) electrons. The van der Waals surface area contributed by atoms with Crippen LogP contribution in [-0.4, -0.2) is 33.9 Å². The van der Waals surface area contributed by atoms with Crippen LogP contribution < -0.4 is 4.90 Å². The van der Waals surface area contributed by atoms with Gasteiger partial charge in [-0.05, 0) is 18.2 Å². The van der Waals surface area contributed by atoms with Crippen molar-refractivity contribution in [3.63, 3.8) is 0 Å². The van der Waals surface area contributed by atoms with Crippen LogP contribution in [-0.2, 0) is 0 Å². The summed E-state index contributed by atoms with van der Waals surface area (Å²) in [6.45, 7) is 0. The monoisotopic (exact) mass is 245 g/mol. The van der Waals surface area contributed by atoms with Crippen LogP contribution in [0.15, 0.2) is 42.6 Å². The number of nitrogens with zero attached hydrogens (tertiary/aromatic N) is 3. The van der Waals surface area contributed by atoms with Crippen molar-refractivity contribution in [3.8, 4) is 0 Å². The molecule has 0 spiro atoms. The molecular weight excluding hydrogens is 234 g/mol. The molecule has 0 aliphatic rings. The molecule has 0 aliphatic heterocycles. The number of amides is 1. The van der Waals surface area contributed by atoms with E-state index >= 15 is 0 Å². The van der Waals surface area contributed by atoms with Gasteiger partial charge in [-0.15, -0.1) is 0 Å². The average Bonchev–Trinajstić information content (AvgIpc) is 2.88. The Morgan fingerprint density at radius 1 is 1.22 bits per heavy atom. The minimum Gasteiger partial charge on any atom is -0.463 e. The Hall–Kier alpha value is -2.63. The Bertz CT molecular complexity index is 577. The SMILES string of the molecule is CN(C(=O)c1ccn(C(=O)O)n1)c1ccccc1. The summed E-state index contributed by atoms with van der Waals surface area (Å²) in [5, 5.41) is 12.4. The fourth-order valence-electron chi connectivity index (χ4n) is 1.49. The first kappa shape index (κ1) is 11.8. The van der Waals surface area contributed by atoms with Gasteiger partial charge >= 0.3 is 6.09 Å². The highest BCUT2D eigenvalue weighted by Crippen LogP contribution is 2.13. The summed E-state index contributed by atoms with van der Waals surface area (Å²) in [6.07, 6.45) is 0.00501. The first-order valence-electron chi connectivity index (χ1n) is 5.21. The molecule has 2 rings (SSSR count). The molecule has 6 heteroatoms. The summed E-state index contributed by atoms with van der Waals surface area (Å²) in [6, 6.07) is 10.4. The summed E-state index contributed by atoms with van der Waals surface area (Å²) in [5.41, 5.74) is 0.802. The molecule has 92 valence electrons. The molecule has 1 aromatic heterocycles. The highest BCUT2D eigenvalue weighted by molar-refractivity contribution is 6.04. The lowest BCUT2D eigenvalue weighted by Gasteiger charge is -2.15. The van der Waals surface area contributed by atoms with Crippen molar-refractivity contribution in [3.05, 3.63) is 48.3 Å². The van der Waals surface area contributed by atoms with E-state index in [-0.39, 0.29) is 11.6 Å². The fraction of sp³-hybridized carbons (Fsp3) is 0.0833. The maximum Gasteiger partial charge on any atom is 0.432 e. The number of benzene rings is 1. The third kappa shape index (κ3) is 2.22. The summed E-state index contributed by atoms with van der Waals surface area (Å²) in [5.74, 6) is -0.360. The minimum atomic E-state index is -1.23. The predicted molar refractivity (Wildman–Crippen MR) is 64.8 cm³/mol. The number of rotatable bonds is 2. The number of aromatic nitrogens is 2. The van der Waals surface area contributed by atoms with Crippen molar-refractivity contribution in [2.45, 2.75) is 0 Å². The number of para-hydroxylation sites is 1. The van der Waals surface area contributed by atoms with Gasteiger partial charge in [0.25, 0.3) is 5.91 Å². The Morgan fingerprint density at radius 3 is 2.44 bits per heavy atom. The number of carbonyl (C=O) groups excluding carboxylic acids is 1. The quantitative estimate of drug-likeness (QED) is 0.873. The number of hydrogen-bond acceptors (Lipinski definition) is 3. The van der Waals surface area contributed by atoms with Gasteiger partial charge in [-0.1, -0.05) is 18.2 Å². The van der Waals surface area contributed by atoms with E-state index in [1.165, 1.54) is 17.2 Å². The molecule has 18 heavy (non-hydrogen) atoms. The van der Waals surface area contributed by atoms with Crippen LogP contribution in [0.1, 0.15) is 10.5 Å². The predicted octanol–water partition coefficient (Wildman–Crippen LogP) is 1.69. The van der Waals surface area contributed by atoms with E-state index in [2.05, 4.69) is 5.10 Å². The zero-order chi connectivity index (χ0) is 13.1. The van der Waals surface area contributed by atoms with E-state index in [0.717, 1.165) is 0 Å². The van der Waals surface area contributed by atoms with E-state index in [4.69, 9.17) is 5.11 Å². The summed E-state index contributed by atoms with van der Waals surface area (Å²) in [7, 11) is 1.61. The first-order chi connectivity index (χ1) is 8.59. The topological polar surface area (TPSA) is 75.4 Å². The van der Waals surface area contributed by atoms with Crippen molar-refractivity contribution in [1.82, 2.24) is 9.78 Å². The van der Waals surface area contributed by atoms with Crippen LogP contribution in [0.3, 0.4) is 0 Å². The lowest BCUT2D eigenvalue weighted by Crippen LogP contribution is -2.27. The second-order valence-electron chi connectivity index (χ2n) is 3.63. The molecule has 0 saturated carbocycles. The molecule has 1 N–H and O–H groups in total. The largest absolute Gasteiger partial charge is 0.463 e. The molecule has 0 fully saturated rings. The van der Waals surface area contributed by atoms with Gasteiger partial charge in [0.1, 0.15) is 0 Å². The number of anilines is 1.